The number of benzene rings is 1. The summed E-state index contributed by atoms with van der Waals surface area (Å²) in [4.78, 5) is 0. The molecular weight excluding hydrogens is 280 g/mol. The summed E-state index contributed by atoms with van der Waals surface area (Å²) in [6, 6.07) is 9.26. The Morgan fingerprint density at radius 2 is 1.30 bits per heavy atom. The third-order valence-corrected chi connectivity index (χ3v) is 6.51. The van der Waals surface area contributed by atoms with Crippen LogP contribution >= 0.6 is 0 Å². The average Bonchev–Trinajstić information content (AvgIpc) is 2.61. The first-order chi connectivity index (χ1) is 11.2. The monoisotopic (exact) mass is 314 g/mol. The van der Waals surface area contributed by atoms with Gasteiger partial charge in [0.15, 0.2) is 0 Å². The van der Waals surface area contributed by atoms with Gasteiger partial charge in [0.25, 0.3) is 0 Å². The predicted octanol–water partition coefficient (Wildman–Crippen LogP) is 6.25. The van der Waals surface area contributed by atoms with Crippen LogP contribution in [0.5, 0.6) is 0 Å². The summed E-state index contributed by atoms with van der Waals surface area (Å²) in [6.07, 6.45) is 14.6. The average molecular weight is 315 g/mol. The van der Waals surface area contributed by atoms with Crippen molar-refractivity contribution in [1.29, 1.82) is 0 Å². The molecule has 0 saturated heterocycles. The molecule has 1 aromatic rings. The van der Waals surface area contributed by atoms with E-state index in [1.54, 1.807) is 5.56 Å². The van der Waals surface area contributed by atoms with Crippen LogP contribution in [0, 0.1) is 18.8 Å². The van der Waals surface area contributed by atoms with E-state index in [0.717, 1.165) is 17.8 Å². The second kappa shape index (κ2) is 8.33. The fourth-order valence-electron chi connectivity index (χ4n) is 4.75. The predicted molar refractivity (Wildman–Crippen MR) is 97.9 cm³/mol. The number of aryl methyl sites for hydroxylation is 1. The minimum absolute atomic E-state index is 0.552. The maximum absolute atomic E-state index is 5.50. The van der Waals surface area contributed by atoms with E-state index < -0.39 is 0 Å². The molecule has 0 spiro atoms. The number of hydrogen-bond donors (Lipinski definition) is 0. The van der Waals surface area contributed by atoms with Crippen LogP contribution in [0.15, 0.2) is 24.3 Å². The first-order valence-corrected chi connectivity index (χ1v) is 9.84. The minimum atomic E-state index is 0.552. The number of ether oxygens (including phenoxy) is 1. The molecule has 2 aliphatic rings. The molecule has 0 bridgehead atoms. The van der Waals surface area contributed by atoms with Crippen molar-refractivity contribution < 1.29 is 4.74 Å². The number of methoxy groups -OCH3 is 1. The van der Waals surface area contributed by atoms with Crippen molar-refractivity contribution in [3.05, 3.63) is 35.4 Å². The van der Waals surface area contributed by atoms with Gasteiger partial charge in [0.05, 0.1) is 6.10 Å². The molecule has 0 atom stereocenters. The Hall–Kier alpha value is -0.820. The van der Waals surface area contributed by atoms with E-state index in [4.69, 9.17) is 4.74 Å². The fraction of sp³-hybridized carbons (Fsp3) is 0.727. The van der Waals surface area contributed by atoms with E-state index in [1.807, 2.05) is 7.11 Å². The van der Waals surface area contributed by atoms with Gasteiger partial charge in [0.2, 0.25) is 0 Å². The summed E-state index contributed by atoms with van der Waals surface area (Å²) in [5.74, 6) is 2.80. The van der Waals surface area contributed by atoms with Gasteiger partial charge in [-0.05, 0) is 81.6 Å². The SMILES string of the molecule is COC1CCC(CCC2CCC(c3ccc(C)cc3)CC2)CC1. The van der Waals surface area contributed by atoms with Crippen LogP contribution in [0.2, 0.25) is 0 Å². The van der Waals surface area contributed by atoms with Crippen molar-refractivity contribution in [3.8, 4) is 0 Å². The van der Waals surface area contributed by atoms with E-state index in [-0.39, 0.29) is 0 Å². The summed E-state index contributed by atoms with van der Waals surface area (Å²) in [7, 11) is 1.87. The zero-order valence-corrected chi connectivity index (χ0v) is 15.1. The summed E-state index contributed by atoms with van der Waals surface area (Å²) in [5.41, 5.74) is 2.96. The van der Waals surface area contributed by atoms with Crippen molar-refractivity contribution in [1.82, 2.24) is 0 Å². The summed E-state index contributed by atoms with van der Waals surface area (Å²) in [6.45, 7) is 2.18. The molecule has 2 aliphatic carbocycles. The third kappa shape index (κ3) is 4.83. The van der Waals surface area contributed by atoms with E-state index >= 15 is 0 Å². The highest BCUT2D eigenvalue weighted by molar-refractivity contribution is 5.24. The van der Waals surface area contributed by atoms with Gasteiger partial charge in [-0.15, -0.1) is 0 Å². The molecule has 0 aromatic heterocycles. The molecule has 0 unspecified atom stereocenters. The van der Waals surface area contributed by atoms with Gasteiger partial charge in [-0.25, -0.2) is 0 Å². The van der Waals surface area contributed by atoms with E-state index in [1.165, 1.54) is 69.8 Å². The first kappa shape index (κ1) is 17.0. The van der Waals surface area contributed by atoms with E-state index in [2.05, 4.69) is 31.2 Å². The molecule has 128 valence electrons. The minimum Gasteiger partial charge on any atom is -0.381 e. The number of rotatable bonds is 5. The van der Waals surface area contributed by atoms with Gasteiger partial charge in [-0.2, -0.15) is 0 Å². The van der Waals surface area contributed by atoms with Crippen molar-refractivity contribution in [2.75, 3.05) is 7.11 Å². The molecule has 23 heavy (non-hydrogen) atoms. The lowest BCUT2D eigenvalue weighted by atomic mass is 9.75. The topological polar surface area (TPSA) is 9.23 Å². The second-order valence-corrected chi connectivity index (χ2v) is 8.08. The Bertz CT molecular complexity index is 447. The Morgan fingerprint density at radius 1 is 0.783 bits per heavy atom. The summed E-state index contributed by atoms with van der Waals surface area (Å²) < 4.78 is 5.50. The van der Waals surface area contributed by atoms with E-state index in [0.29, 0.717) is 6.10 Å². The standard InChI is InChI=1S/C22H34O/c1-17-3-11-20(12-4-17)21-13-7-18(8-14-21)5-6-19-9-15-22(23-2)16-10-19/h3-4,11-12,18-19,21-22H,5-10,13-16H2,1-2H3. The zero-order valence-electron chi connectivity index (χ0n) is 15.1. The van der Waals surface area contributed by atoms with Crippen molar-refractivity contribution in [2.45, 2.75) is 83.2 Å². The summed E-state index contributed by atoms with van der Waals surface area (Å²) >= 11 is 0. The van der Waals surface area contributed by atoms with Gasteiger partial charge in [0.1, 0.15) is 0 Å². The Labute approximate surface area is 142 Å². The van der Waals surface area contributed by atoms with Gasteiger partial charge >= 0.3 is 0 Å². The molecule has 2 saturated carbocycles. The molecule has 0 N–H and O–H groups in total. The van der Waals surface area contributed by atoms with Crippen molar-refractivity contribution in [3.63, 3.8) is 0 Å². The lowest BCUT2D eigenvalue weighted by Gasteiger charge is -2.32. The first-order valence-electron chi connectivity index (χ1n) is 9.84. The van der Waals surface area contributed by atoms with Crippen molar-refractivity contribution >= 4 is 0 Å². The van der Waals surface area contributed by atoms with Crippen molar-refractivity contribution in [2.24, 2.45) is 11.8 Å². The van der Waals surface area contributed by atoms with Crippen LogP contribution in [0.1, 0.15) is 81.3 Å². The Morgan fingerprint density at radius 3 is 1.83 bits per heavy atom. The highest BCUT2D eigenvalue weighted by Gasteiger charge is 2.25. The molecule has 0 amide bonds. The molecule has 0 aliphatic heterocycles. The maximum Gasteiger partial charge on any atom is 0.0571 e. The quantitative estimate of drug-likeness (QED) is 0.623. The molecule has 3 rings (SSSR count). The normalized spacial score (nSPS) is 31.9. The highest BCUT2D eigenvalue weighted by Crippen LogP contribution is 2.39. The highest BCUT2D eigenvalue weighted by atomic mass is 16.5. The van der Waals surface area contributed by atoms with Crippen LogP contribution in [-0.2, 0) is 4.74 Å². The molecule has 1 aromatic carbocycles. The molecular formula is C22H34O. The Balaban J connectivity index is 1.37. The van der Waals surface area contributed by atoms with Crippen LogP contribution in [0.25, 0.3) is 0 Å². The molecule has 0 heterocycles. The second-order valence-electron chi connectivity index (χ2n) is 8.08. The zero-order chi connectivity index (χ0) is 16.1. The van der Waals surface area contributed by atoms with Gasteiger partial charge in [-0.1, -0.05) is 42.7 Å². The molecule has 0 radical (unpaired) electrons. The lowest BCUT2D eigenvalue weighted by molar-refractivity contribution is 0.0541. The van der Waals surface area contributed by atoms with Gasteiger partial charge in [-0.3, -0.25) is 0 Å². The molecule has 1 nitrogen and oxygen atoms in total. The third-order valence-electron chi connectivity index (χ3n) is 6.51. The fourth-order valence-corrected chi connectivity index (χ4v) is 4.75. The Kier molecular flexibility index (Phi) is 6.16. The van der Waals surface area contributed by atoms with Crippen LogP contribution in [0.3, 0.4) is 0 Å². The van der Waals surface area contributed by atoms with Crippen LogP contribution < -0.4 is 0 Å². The maximum atomic E-state index is 5.50. The van der Waals surface area contributed by atoms with Crippen LogP contribution in [-0.4, -0.2) is 13.2 Å². The molecule has 1 heteroatoms. The van der Waals surface area contributed by atoms with Gasteiger partial charge in [0, 0.05) is 7.11 Å². The largest absolute Gasteiger partial charge is 0.381 e. The lowest BCUT2D eigenvalue weighted by Crippen LogP contribution is -2.21. The number of hydrogen-bond acceptors (Lipinski definition) is 1. The van der Waals surface area contributed by atoms with E-state index in [9.17, 15) is 0 Å². The summed E-state index contributed by atoms with van der Waals surface area (Å²) in [5, 5.41) is 0. The smallest absolute Gasteiger partial charge is 0.0571 e. The van der Waals surface area contributed by atoms with Gasteiger partial charge < -0.3 is 4.74 Å². The molecule has 2 fully saturated rings. The van der Waals surface area contributed by atoms with Crippen LogP contribution in [0.4, 0.5) is 0 Å².